The number of imidazole rings is 1. The molecule has 0 aliphatic carbocycles. The zero-order valence-electron chi connectivity index (χ0n) is 10.9. The van der Waals surface area contributed by atoms with Crippen LogP contribution in [0.1, 0.15) is 23.5 Å². The third-order valence-electron chi connectivity index (χ3n) is 3.45. The SMILES string of the molecule is NC(=O)CC(c1ccccc1)c1ccc2nc[nH]c2c1. The van der Waals surface area contributed by atoms with Gasteiger partial charge in [-0.1, -0.05) is 36.4 Å². The number of nitrogens with zero attached hydrogens (tertiary/aromatic N) is 1. The van der Waals surface area contributed by atoms with Crippen molar-refractivity contribution in [1.82, 2.24) is 9.97 Å². The largest absolute Gasteiger partial charge is 0.370 e. The van der Waals surface area contributed by atoms with Gasteiger partial charge in [-0.2, -0.15) is 0 Å². The van der Waals surface area contributed by atoms with Crippen LogP contribution in [-0.4, -0.2) is 15.9 Å². The van der Waals surface area contributed by atoms with Crippen LogP contribution in [0.25, 0.3) is 11.0 Å². The molecule has 4 heteroatoms. The number of nitrogens with one attached hydrogen (secondary N) is 1. The van der Waals surface area contributed by atoms with E-state index in [1.54, 1.807) is 6.33 Å². The number of carbonyl (C=O) groups excluding carboxylic acids is 1. The van der Waals surface area contributed by atoms with Crippen LogP contribution in [0.15, 0.2) is 54.9 Å². The number of nitrogens with two attached hydrogens (primary N) is 1. The third-order valence-corrected chi connectivity index (χ3v) is 3.45. The molecule has 3 N–H and O–H groups in total. The lowest BCUT2D eigenvalue weighted by atomic mass is 9.88. The summed E-state index contributed by atoms with van der Waals surface area (Å²) in [7, 11) is 0. The van der Waals surface area contributed by atoms with E-state index in [-0.39, 0.29) is 11.8 Å². The number of aromatic nitrogens is 2. The maximum absolute atomic E-state index is 11.4. The normalized spacial score (nSPS) is 12.4. The molecule has 1 heterocycles. The number of aromatic amines is 1. The van der Waals surface area contributed by atoms with Crippen molar-refractivity contribution in [3.8, 4) is 0 Å². The highest BCUT2D eigenvalue weighted by atomic mass is 16.1. The summed E-state index contributed by atoms with van der Waals surface area (Å²) in [5.41, 5.74) is 9.43. The van der Waals surface area contributed by atoms with Gasteiger partial charge < -0.3 is 10.7 Å². The molecule has 2 aromatic carbocycles. The van der Waals surface area contributed by atoms with Crippen LogP contribution in [-0.2, 0) is 4.79 Å². The van der Waals surface area contributed by atoms with E-state index in [1.165, 1.54) is 0 Å². The number of hydrogen-bond donors (Lipinski definition) is 2. The van der Waals surface area contributed by atoms with Gasteiger partial charge in [0.15, 0.2) is 0 Å². The van der Waals surface area contributed by atoms with Gasteiger partial charge in [-0.15, -0.1) is 0 Å². The lowest BCUT2D eigenvalue weighted by molar-refractivity contribution is -0.118. The van der Waals surface area contributed by atoms with Crippen LogP contribution in [0.3, 0.4) is 0 Å². The molecule has 0 spiro atoms. The van der Waals surface area contributed by atoms with E-state index in [4.69, 9.17) is 5.73 Å². The first-order valence-corrected chi connectivity index (χ1v) is 6.50. The van der Waals surface area contributed by atoms with Gasteiger partial charge in [-0.05, 0) is 23.3 Å². The first-order valence-electron chi connectivity index (χ1n) is 6.50. The molecular weight excluding hydrogens is 250 g/mol. The average Bonchev–Trinajstić information content (AvgIpc) is 2.93. The lowest BCUT2D eigenvalue weighted by Gasteiger charge is -2.16. The Morgan fingerprint density at radius 2 is 1.95 bits per heavy atom. The van der Waals surface area contributed by atoms with Gasteiger partial charge in [0, 0.05) is 12.3 Å². The summed E-state index contributed by atoms with van der Waals surface area (Å²) in [5.74, 6) is -0.329. The van der Waals surface area contributed by atoms with Crippen molar-refractivity contribution in [3.63, 3.8) is 0 Å². The van der Waals surface area contributed by atoms with E-state index in [1.807, 2.05) is 48.5 Å². The number of H-pyrrole nitrogens is 1. The third kappa shape index (κ3) is 2.40. The fraction of sp³-hybridized carbons (Fsp3) is 0.125. The Kier molecular flexibility index (Phi) is 3.21. The van der Waals surface area contributed by atoms with E-state index < -0.39 is 0 Å². The van der Waals surface area contributed by atoms with Crippen LogP contribution >= 0.6 is 0 Å². The number of rotatable bonds is 4. The molecule has 0 saturated heterocycles. The Morgan fingerprint density at radius 1 is 1.15 bits per heavy atom. The predicted molar refractivity (Wildman–Crippen MR) is 78.2 cm³/mol. The molecule has 3 rings (SSSR count). The molecule has 3 aromatic rings. The van der Waals surface area contributed by atoms with Crippen molar-refractivity contribution >= 4 is 16.9 Å². The molecule has 100 valence electrons. The van der Waals surface area contributed by atoms with Crippen LogP contribution in [0.4, 0.5) is 0 Å². The molecule has 20 heavy (non-hydrogen) atoms. The molecule has 0 radical (unpaired) electrons. The molecule has 1 amide bonds. The molecule has 0 aliphatic rings. The van der Waals surface area contributed by atoms with Crippen LogP contribution < -0.4 is 5.73 Å². The Balaban J connectivity index is 2.06. The van der Waals surface area contributed by atoms with Crippen molar-refractivity contribution in [1.29, 1.82) is 0 Å². The van der Waals surface area contributed by atoms with Crippen LogP contribution in [0, 0.1) is 0 Å². The molecule has 1 atom stereocenters. The first kappa shape index (κ1) is 12.4. The van der Waals surface area contributed by atoms with Crippen molar-refractivity contribution < 1.29 is 4.79 Å². The van der Waals surface area contributed by atoms with Crippen molar-refractivity contribution in [2.75, 3.05) is 0 Å². The highest BCUT2D eigenvalue weighted by Crippen LogP contribution is 2.29. The quantitative estimate of drug-likeness (QED) is 0.761. The van der Waals surface area contributed by atoms with E-state index in [9.17, 15) is 4.79 Å². The van der Waals surface area contributed by atoms with Gasteiger partial charge in [0.25, 0.3) is 0 Å². The fourth-order valence-electron chi connectivity index (χ4n) is 2.48. The topological polar surface area (TPSA) is 71.8 Å². The summed E-state index contributed by atoms with van der Waals surface area (Å²) >= 11 is 0. The summed E-state index contributed by atoms with van der Waals surface area (Å²) in [6, 6.07) is 15.9. The van der Waals surface area contributed by atoms with E-state index in [2.05, 4.69) is 9.97 Å². The Morgan fingerprint density at radius 3 is 2.70 bits per heavy atom. The maximum Gasteiger partial charge on any atom is 0.218 e. The van der Waals surface area contributed by atoms with Gasteiger partial charge in [0.05, 0.1) is 17.4 Å². The van der Waals surface area contributed by atoms with Gasteiger partial charge >= 0.3 is 0 Å². The number of benzene rings is 2. The number of amides is 1. The van der Waals surface area contributed by atoms with Gasteiger partial charge in [-0.3, -0.25) is 4.79 Å². The molecule has 4 nitrogen and oxygen atoms in total. The minimum atomic E-state index is -0.302. The molecule has 0 aliphatic heterocycles. The van der Waals surface area contributed by atoms with Crippen LogP contribution in [0.2, 0.25) is 0 Å². The predicted octanol–water partition coefficient (Wildman–Crippen LogP) is 2.57. The van der Waals surface area contributed by atoms with E-state index in [0.29, 0.717) is 6.42 Å². The number of hydrogen-bond acceptors (Lipinski definition) is 2. The molecule has 0 saturated carbocycles. The summed E-state index contributed by atoms with van der Waals surface area (Å²) in [4.78, 5) is 18.7. The Labute approximate surface area is 116 Å². The molecule has 1 aromatic heterocycles. The maximum atomic E-state index is 11.4. The van der Waals surface area contributed by atoms with E-state index in [0.717, 1.165) is 22.2 Å². The van der Waals surface area contributed by atoms with Gasteiger partial charge in [-0.25, -0.2) is 4.98 Å². The first-order chi connectivity index (χ1) is 9.74. The fourth-order valence-corrected chi connectivity index (χ4v) is 2.48. The smallest absolute Gasteiger partial charge is 0.218 e. The second kappa shape index (κ2) is 5.17. The standard InChI is InChI=1S/C16H15N3O/c17-16(20)9-13(11-4-2-1-3-5-11)12-6-7-14-15(8-12)19-10-18-14/h1-8,10,13H,9H2,(H2,17,20)(H,18,19). The Bertz CT molecular complexity index is 734. The monoisotopic (exact) mass is 265 g/mol. The molecule has 0 bridgehead atoms. The highest BCUT2D eigenvalue weighted by molar-refractivity contribution is 5.78. The lowest BCUT2D eigenvalue weighted by Crippen LogP contribution is -2.16. The molecular formula is C16H15N3O. The van der Waals surface area contributed by atoms with Gasteiger partial charge in [0.2, 0.25) is 5.91 Å². The van der Waals surface area contributed by atoms with E-state index >= 15 is 0 Å². The minimum absolute atomic E-state index is 0.0265. The zero-order valence-corrected chi connectivity index (χ0v) is 10.9. The minimum Gasteiger partial charge on any atom is -0.370 e. The second-order valence-corrected chi connectivity index (χ2v) is 4.81. The second-order valence-electron chi connectivity index (χ2n) is 4.81. The highest BCUT2D eigenvalue weighted by Gasteiger charge is 2.17. The van der Waals surface area contributed by atoms with Gasteiger partial charge in [0.1, 0.15) is 0 Å². The summed E-state index contributed by atoms with van der Waals surface area (Å²) in [6.45, 7) is 0. The Hall–Kier alpha value is -2.62. The summed E-state index contributed by atoms with van der Waals surface area (Å²) in [6.07, 6.45) is 1.96. The molecule has 1 unspecified atom stereocenters. The van der Waals surface area contributed by atoms with Crippen LogP contribution in [0.5, 0.6) is 0 Å². The number of carbonyl (C=O) groups is 1. The number of primary amides is 1. The number of fused-ring (bicyclic) bond motifs is 1. The van der Waals surface area contributed by atoms with Crippen molar-refractivity contribution in [2.45, 2.75) is 12.3 Å². The zero-order chi connectivity index (χ0) is 13.9. The molecule has 0 fully saturated rings. The summed E-state index contributed by atoms with van der Waals surface area (Å²) < 4.78 is 0. The van der Waals surface area contributed by atoms with Crippen molar-refractivity contribution in [3.05, 3.63) is 66.0 Å². The summed E-state index contributed by atoms with van der Waals surface area (Å²) in [5, 5.41) is 0. The average molecular weight is 265 g/mol. The van der Waals surface area contributed by atoms with Crippen molar-refractivity contribution in [2.24, 2.45) is 5.73 Å².